The molecule has 22 heavy (non-hydrogen) atoms. The summed E-state index contributed by atoms with van der Waals surface area (Å²) in [4.78, 5) is 11.0. The normalized spacial score (nSPS) is 10.2. The Bertz CT molecular complexity index is 688. The van der Waals surface area contributed by atoms with E-state index in [2.05, 4.69) is 15.9 Å². The van der Waals surface area contributed by atoms with Crippen molar-refractivity contribution >= 4 is 22.2 Å². The summed E-state index contributed by atoms with van der Waals surface area (Å²) in [5.41, 5.74) is 1.08. The maximum atomic E-state index is 13.6. The highest BCUT2D eigenvalue weighted by Gasteiger charge is 2.11. The van der Waals surface area contributed by atoms with Gasteiger partial charge in [-0.1, -0.05) is 6.07 Å². The van der Waals surface area contributed by atoms with Crippen LogP contribution in [0.5, 0.6) is 17.2 Å². The zero-order valence-corrected chi connectivity index (χ0v) is 13.6. The van der Waals surface area contributed by atoms with E-state index in [0.717, 1.165) is 0 Å². The summed E-state index contributed by atoms with van der Waals surface area (Å²) in [7, 11) is 2.91. The number of ether oxygens (including phenoxy) is 3. The monoisotopic (exact) mass is 368 g/mol. The van der Waals surface area contributed by atoms with Crippen molar-refractivity contribution in [2.45, 2.75) is 6.61 Å². The van der Waals surface area contributed by atoms with Crippen molar-refractivity contribution in [2.24, 2.45) is 0 Å². The van der Waals surface area contributed by atoms with Gasteiger partial charge in [0.1, 0.15) is 6.61 Å². The predicted octanol–water partition coefficient (Wildman–Crippen LogP) is 4.00. The van der Waals surface area contributed by atoms with Crippen molar-refractivity contribution < 1.29 is 23.4 Å². The molecule has 0 saturated carbocycles. The second-order valence-corrected chi connectivity index (χ2v) is 5.25. The van der Waals surface area contributed by atoms with Gasteiger partial charge in [0.25, 0.3) is 0 Å². The third kappa shape index (κ3) is 3.57. The quantitative estimate of drug-likeness (QED) is 0.723. The van der Waals surface area contributed by atoms with Crippen molar-refractivity contribution in [3.63, 3.8) is 0 Å². The first-order valence-corrected chi connectivity index (χ1v) is 7.16. The molecule has 0 aliphatic carbocycles. The Balaban J connectivity index is 2.20. The molecular formula is C16H14BrFO4. The molecule has 2 aromatic rings. The molecule has 0 aromatic heterocycles. The van der Waals surface area contributed by atoms with Gasteiger partial charge in [-0.3, -0.25) is 4.79 Å². The lowest BCUT2D eigenvalue weighted by Crippen LogP contribution is -2.00. The molecular weight excluding hydrogens is 355 g/mol. The molecule has 0 unspecified atom stereocenters. The smallest absolute Gasteiger partial charge is 0.165 e. The summed E-state index contributed by atoms with van der Waals surface area (Å²) in [6.07, 6.45) is 0.712. The van der Waals surface area contributed by atoms with Crippen LogP contribution in [0.15, 0.2) is 34.8 Å². The highest BCUT2D eigenvalue weighted by molar-refractivity contribution is 9.10. The van der Waals surface area contributed by atoms with E-state index < -0.39 is 5.82 Å². The summed E-state index contributed by atoms with van der Waals surface area (Å²) in [6.45, 7) is 0.136. The van der Waals surface area contributed by atoms with Crippen LogP contribution in [-0.2, 0) is 6.61 Å². The van der Waals surface area contributed by atoms with E-state index in [9.17, 15) is 9.18 Å². The van der Waals surface area contributed by atoms with Crippen LogP contribution in [0.3, 0.4) is 0 Å². The number of benzene rings is 2. The fourth-order valence-corrected chi connectivity index (χ4v) is 2.29. The SMILES string of the molecule is COc1ccc(COc2cc(C=O)c(Br)cc2OC)cc1F. The number of halogens is 2. The van der Waals surface area contributed by atoms with E-state index >= 15 is 0 Å². The second kappa shape index (κ2) is 7.26. The Morgan fingerprint density at radius 2 is 1.82 bits per heavy atom. The van der Waals surface area contributed by atoms with Gasteiger partial charge in [-0.2, -0.15) is 0 Å². The number of hydrogen-bond donors (Lipinski definition) is 0. The number of hydrogen-bond acceptors (Lipinski definition) is 4. The van der Waals surface area contributed by atoms with Gasteiger partial charge in [-0.05, 0) is 45.8 Å². The van der Waals surface area contributed by atoms with Crippen LogP contribution >= 0.6 is 15.9 Å². The second-order valence-electron chi connectivity index (χ2n) is 4.40. The maximum absolute atomic E-state index is 13.6. The van der Waals surface area contributed by atoms with Crippen LogP contribution in [0, 0.1) is 5.82 Å². The zero-order valence-electron chi connectivity index (χ0n) is 12.1. The average Bonchev–Trinajstić information content (AvgIpc) is 2.53. The van der Waals surface area contributed by atoms with Crippen molar-refractivity contribution in [2.75, 3.05) is 14.2 Å². The zero-order chi connectivity index (χ0) is 16.1. The van der Waals surface area contributed by atoms with Gasteiger partial charge in [0, 0.05) is 10.0 Å². The third-order valence-electron chi connectivity index (χ3n) is 3.02. The minimum Gasteiger partial charge on any atom is -0.494 e. The fraction of sp³-hybridized carbons (Fsp3) is 0.188. The molecule has 116 valence electrons. The van der Waals surface area contributed by atoms with Crippen LogP contribution in [0.4, 0.5) is 4.39 Å². The first-order chi connectivity index (χ1) is 10.6. The van der Waals surface area contributed by atoms with E-state index in [0.29, 0.717) is 33.4 Å². The highest BCUT2D eigenvalue weighted by Crippen LogP contribution is 2.33. The lowest BCUT2D eigenvalue weighted by atomic mass is 10.2. The highest BCUT2D eigenvalue weighted by atomic mass is 79.9. The largest absolute Gasteiger partial charge is 0.494 e. The molecule has 6 heteroatoms. The molecule has 2 rings (SSSR count). The minimum absolute atomic E-state index is 0.136. The maximum Gasteiger partial charge on any atom is 0.165 e. The summed E-state index contributed by atoms with van der Waals surface area (Å²) >= 11 is 3.27. The molecule has 0 amide bonds. The summed E-state index contributed by atoms with van der Waals surface area (Å²) in [6, 6.07) is 7.78. The molecule has 0 radical (unpaired) electrons. The van der Waals surface area contributed by atoms with Gasteiger partial charge in [0.2, 0.25) is 0 Å². The van der Waals surface area contributed by atoms with Crippen molar-refractivity contribution in [3.8, 4) is 17.2 Å². The van der Waals surface area contributed by atoms with E-state index in [1.54, 1.807) is 18.2 Å². The van der Waals surface area contributed by atoms with E-state index in [-0.39, 0.29) is 12.4 Å². The molecule has 2 aromatic carbocycles. The molecule has 4 nitrogen and oxygen atoms in total. The van der Waals surface area contributed by atoms with Crippen molar-refractivity contribution in [3.05, 3.63) is 51.7 Å². The minimum atomic E-state index is -0.458. The van der Waals surface area contributed by atoms with Crippen molar-refractivity contribution in [1.29, 1.82) is 0 Å². The number of carbonyl (C=O) groups excluding carboxylic acids is 1. The molecule has 0 aliphatic rings. The fourth-order valence-electron chi connectivity index (χ4n) is 1.87. The topological polar surface area (TPSA) is 44.8 Å². The standard InChI is InChI=1S/C16H14BrFO4/c1-20-14-4-3-10(5-13(14)18)9-22-16-6-11(8-19)12(17)7-15(16)21-2/h3-8H,9H2,1-2H3. The number of aldehydes is 1. The van der Waals surface area contributed by atoms with Crippen LogP contribution in [0.1, 0.15) is 15.9 Å². The molecule has 0 saturated heterocycles. The van der Waals surface area contributed by atoms with E-state index in [4.69, 9.17) is 14.2 Å². The van der Waals surface area contributed by atoms with Crippen LogP contribution in [0.25, 0.3) is 0 Å². The van der Waals surface area contributed by atoms with Crippen molar-refractivity contribution in [1.82, 2.24) is 0 Å². The van der Waals surface area contributed by atoms with Gasteiger partial charge in [0.05, 0.1) is 14.2 Å². The summed E-state index contributed by atoms with van der Waals surface area (Å²) < 4.78 is 29.9. The van der Waals surface area contributed by atoms with Gasteiger partial charge in [-0.15, -0.1) is 0 Å². The Morgan fingerprint density at radius 3 is 2.41 bits per heavy atom. The van der Waals surface area contributed by atoms with Gasteiger partial charge in [-0.25, -0.2) is 4.39 Å². The van der Waals surface area contributed by atoms with Gasteiger partial charge >= 0.3 is 0 Å². The van der Waals surface area contributed by atoms with Crippen LogP contribution in [0.2, 0.25) is 0 Å². The van der Waals surface area contributed by atoms with Gasteiger partial charge < -0.3 is 14.2 Å². The first-order valence-electron chi connectivity index (χ1n) is 6.37. The Hall–Kier alpha value is -2.08. The van der Waals surface area contributed by atoms with Crippen LogP contribution < -0.4 is 14.2 Å². The Kier molecular flexibility index (Phi) is 5.38. The molecule has 0 spiro atoms. The van der Waals surface area contributed by atoms with Crippen LogP contribution in [-0.4, -0.2) is 20.5 Å². The predicted molar refractivity (Wildman–Crippen MR) is 83.4 cm³/mol. The molecule has 0 fully saturated rings. The molecule has 0 atom stereocenters. The number of carbonyl (C=O) groups is 1. The molecule has 0 heterocycles. The lowest BCUT2D eigenvalue weighted by Gasteiger charge is -2.12. The van der Waals surface area contributed by atoms with Gasteiger partial charge in [0.15, 0.2) is 29.4 Å². The summed E-state index contributed by atoms with van der Waals surface area (Å²) in [5, 5.41) is 0. The van der Waals surface area contributed by atoms with E-state index in [1.807, 2.05) is 0 Å². The Labute approximate surface area is 135 Å². The third-order valence-corrected chi connectivity index (χ3v) is 3.71. The molecule has 0 N–H and O–H groups in total. The van der Waals surface area contributed by atoms with E-state index in [1.165, 1.54) is 26.4 Å². The number of methoxy groups -OCH3 is 2. The summed E-state index contributed by atoms with van der Waals surface area (Å²) in [5.74, 6) is 0.601. The molecule has 0 aliphatic heterocycles. The average molecular weight is 369 g/mol. The Morgan fingerprint density at radius 1 is 1.09 bits per heavy atom. The first kappa shape index (κ1) is 16.3. The number of rotatable bonds is 6. The lowest BCUT2D eigenvalue weighted by molar-refractivity contribution is 0.112. The molecule has 0 bridgehead atoms.